The fourth-order valence-corrected chi connectivity index (χ4v) is 2.63. The first kappa shape index (κ1) is 13.8. The summed E-state index contributed by atoms with van der Waals surface area (Å²) in [6.07, 6.45) is 2.84. The molecule has 104 valence electrons. The molecule has 5 heteroatoms. The molecule has 19 heavy (non-hydrogen) atoms. The number of aliphatic hydroxyl groups excluding tert-OH is 1. The quantitative estimate of drug-likeness (QED) is 0.563. The van der Waals surface area contributed by atoms with Crippen LogP contribution in [0.15, 0.2) is 24.3 Å². The van der Waals surface area contributed by atoms with Crippen LogP contribution in [0.1, 0.15) is 29.6 Å². The van der Waals surface area contributed by atoms with Gasteiger partial charge in [-0.1, -0.05) is 12.1 Å². The number of piperidine rings is 1. The highest BCUT2D eigenvalue weighted by Gasteiger charge is 2.25. The lowest BCUT2D eigenvalue weighted by Gasteiger charge is -2.33. The number of nitrogen functional groups attached to an aromatic ring is 1. The minimum atomic E-state index is 0.0104. The third kappa shape index (κ3) is 3.24. The molecule has 1 aromatic rings. The van der Waals surface area contributed by atoms with Crippen LogP contribution in [0, 0.1) is 5.92 Å². The number of hydrogen-bond donors (Lipinski definition) is 3. The smallest absolute Gasteiger partial charge is 0.256 e. The lowest BCUT2D eigenvalue weighted by atomic mass is 9.94. The van der Waals surface area contributed by atoms with Gasteiger partial charge in [-0.2, -0.15) is 0 Å². The zero-order chi connectivity index (χ0) is 13.7. The Labute approximate surface area is 113 Å². The molecular weight excluding hydrogens is 242 g/mol. The number of carbonyl (C=O) groups is 1. The summed E-state index contributed by atoms with van der Waals surface area (Å²) in [5.41, 5.74) is 3.82. The number of aliphatic hydroxyl groups is 1. The number of nitrogens with one attached hydrogen (secondary N) is 1. The number of nitrogens with two attached hydrogens (primary N) is 1. The largest absolute Gasteiger partial charge is 0.396 e. The van der Waals surface area contributed by atoms with Gasteiger partial charge in [-0.25, -0.2) is 0 Å². The summed E-state index contributed by atoms with van der Waals surface area (Å²) in [5.74, 6) is 5.85. The van der Waals surface area contributed by atoms with Crippen molar-refractivity contribution in [2.24, 2.45) is 11.8 Å². The normalized spacial score (nSPS) is 19.3. The number of hydrazine groups is 1. The molecule has 0 aliphatic carbocycles. The van der Waals surface area contributed by atoms with E-state index in [0.29, 0.717) is 17.2 Å². The highest BCUT2D eigenvalue weighted by atomic mass is 16.3. The molecule has 1 aromatic carbocycles. The molecule has 1 fully saturated rings. The van der Waals surface area contributed by atoms with E-state index in [1.165, 1.54) is 0 Å². The van der Waals surface area contributed by atoms with E-state index in [0.717, 1.165) is 32.4 Å². The Kier molecular flexibility index (Phi) is 4.76. The van der Waals surface area contributed by atoms with E-state index >= 15 is 0 Å². The molecule has 4 N–H and O–H groups in total. The zero-order valence-electron chi connectivity index (χ0n) is 11.0. The maximum absolute atomic E-state index is 12.5. The number of nitrogens with zero attached hydrogens (tertiary/aromatic N) is 1. The number of rotatable bonds is 4. The maximum atomic E-state index is 12.5. The molecule has 0 radical (unpaired) electrons. The first-order valence-corrected chi connectivity index (χ1v) is 6.72. The highest BCUT2D eigenvalue weighted by Crippen LogP contribution is 2.23. The van der Waals surface area contributed by atoms with Crippen molar-refractivity contribution in [3.05, 3.63) is 29.8 Å². The van der Waals surface area contributed by atoms with Crippen LogP contribution < -0.4 is 11.3 Å². The average molecular weight is 263 g/mol. The standard InChI is InChI=1S/C14H21N3O2/c15-16-13-6-2-1-5-12(13)14(19)17-8-3-4-11(10-17)7-9-18/h1-2,5-6,11,16,18H,3-4,7-10,15H2. The lowest BCUT2D eigenvalue weighted by molar-refractivity contribution is 0.0654. The molecule has 1 aliphatic heterocycles. The topological polar surface area (TPSA) is 78.6 Å². The first-order valence-electron chi connectivity index (χ1n) is 6.72. The first-order chi connectivity index (χ1) is 9.26. The molecular formula is C14H21N3O2. The molecule has 0 aromatic heterocycles. The summed E-state index contributed by atoms with van der Waals surface area (Å²) in [4.78, 5) is 14.4. The number of amides is 1. The van der Waals surface area contributed by atoms with Gasteiger partial charge >= 0.3 is 0 Å². The molecule has 1 aliphatic rings. The fraction of sp³-hybridized carbons (Fsp3) is 0.500. The van der Waals surface area contributed by atoms with Gasteiger partial charge in [0.2, 0.25) is 0 Å². The SMILES string of the molecule is NNc1ccccc1C(=O)N1CCCC(CCO)C1. The summed E-state index contributed by atoms with van der Waals surface area (Å²) in [6.45, 7) is 1.69. The predicted molar refractivity (Wildman–Crippen MR) is 74.6 cm³/mol. The van der Waals surface area contributed by atoms with Gasteiger partial charge in [-0.3, -0.25) is 10.6 Å². The summed E-state index contributed by atoms with van der Waals surface area (Å²) in [5, 5.41) is 9.01. The van der Waals surface area contributed by atoms with E-state index in [2.05, 4.69) is 5.43 Å². The number of likely N-dealkylation sites (tertiary alicyclic amines) is 1. The van der Waals surface area contributed by atoms with Crippen molar-refractivity contribution in [3.8, 4) is 0 Å². The molecule has 0 bridgehead atoms. The summed E-state index contributed by atoms with van der Waals surface area (Å²) >= 11 is 0. The van der Waals surface area contributed by atoms with E-state index in [1.807, 2.05) is 17.0 Å². The molecule has 1 saturated heterocycles. The monoisotopic (exact) mass is 263 g/mol. The Morgan fingerprint density at radius 2 is 2.26 bits per heavy atom. The van der Waals surface area contributed by atoms with Gasteiger partial charge in [0.1, 0.15) is 0 Å². The molecule has 1 atom stereocenters. The Hall–Kier alpha value is -1.59. The second kappa shape index (κ2) is 6.54. The van der Waals surface area contributed by atoms with Crippen LogP contribution in [0.2, 0.25) is 0 Å². The minimum Gasteiger partial charge on any atom is -0.396 e. The summed E-state index contributed by atoms with van der Waals surface area (Å²) in [6, 6.07) is 7.26. The third-order valence-electron chi connectivity index (χ3n) is 3.66. The highest BCUT2D eigenvalue weighted by molar-refractivity contribution is 5.99. The Morgan fingerprint density at radius 1 is 1.47 bits per heavy atom. The lowest BCUT2D eigenvalue weighted by Crippen LogP contribution is -2.40. The van der Waals surface area contributed by atoms with E-state index in [4.69, 9.17) is 10.9 Å². The minimum absolute atomic E-state index is 0.0104. The van der Waals surface area contributed by atoms with Gasteiger partial charge < -0.3 is 15.4 Å². The Bertz CT molecular complexity index is 434. The van der Waals surface area contributed by atoms with Crippen LogP contribution in [0.5, 0.6) is 0 Å². The van der Waals surface area contributed by atoms with Gasteiger partial charge in [-0.15, -0.1) is 0 Å². The van der Waals surface area contributed by atoms with Crippen LogP contribution in [0.25, 0.3) is 0 Å². The van der Waals surface area contributed by atoms with Gasteiger partial charge in [0, 0.05) is 19.7 Å². The number of anilines is 1. The fourth-order valence-electron chi connectivity index (χ4n) is 2.63. The van der Waals surface area contributed by atoms with E-state index in [9.17, 15) is 4.79 Å². The van der Waals surface area contributed by atoms with Gasteiger partial charge in [0.15, 0.2) is 0 Å². The molecule has 1 unspecified atom stereocenters. The Morgan fingerprint density at radius 3 is 3.00 bits per heavy atom. The molecule has 0 spiro atoms. The van der Waals surface area contributed by atoms with Crippen LogP contribution in [-0.4, -0.2) is 35.6 Å². The van der Waals surface area contributed by atoms with Crippen molar-refractivity contribution in [3.63, 3.8) is 0 Å². The van der Waals surface area contributed by atoms with Crippen LogP contribution in [0.4, 0.5) is 5.69 Å². The van der Waals surface area contributed by atoms with E-state index in [1.54, 1.807) is 12.1 Å². The number of para-hydroxylation sites is 1. The van der Waals surface area contributed by atoms with Gasteiger partial charge in [0.25, 0.3) is 5.91 Å². The number of hydrogen-bond acceptors (Lipinski definition) is 4. The summed E-state index contributed by atoms with van der Waals surface area (Å²) in [7, 11) is 0. The second-order valence-corrected chi connectivity index (χ2v) is 4.96. The van der Waals surface area contributed by atoms with E-state index < -0.39 is 0 Å². The van der Waals surface area contributed by atoms with Crippen molar-refractivity contribution in [2.75, 3.05) is 25.1 Å². The van der Waals surface area contributed by atoms with Crippen LogP contribution in [0.3, 0.4) is 0 Å². The predicted octanol–water partition coefficient (Wildman–Crippen LogP) is 1.21. The molecule has 5 nitrogen and oxygen atoms in total. The van der Waals surface area contributed by atoms with Crippen LogP contribution in [-0.2, 0) is 0 Å². The number of carbonyl (C=O) groups excluding carboxylic acids is 1. The van der Waals surface area contributed by atoms with Crippen molar-refractivity contribution in [1.29, 1.82) is 0 Å². The third-order valence-corrected chi connectivity index (χ3v) is 3.66. The van der Waals surface area contributed by atoms with Crippen molar-refractivity contribution in [1.82, 2.24) is 4.90 Å². The maximum Gasteiger partial charge on any atom is 0.256 e. The van der Waals surface area contributed by atoms with Crippen molar-refractivity contribution < 1.29 is 9.90 Å². The van der Waals surface area contributed by atoms with E-state index in [-0.39, 0.29) is 12.5 Å². The van der Waals surface area contributed by atoms with Gasteiger partial charge in [-0.05, 0) is 37.3 Å². The molecule has 0 saturated carbocycles. The Balaban J connectivity index is 2.10. The molecule has 1 amide bonds. The van der Waals surface area contributed by atoms with Crippen molar-refractivity contribution >= 4 is 11.6 Å². The molecule has 1 heterocycles. The average Bonchev–Trinajstić information content (AvgIpc) is 2.47. The van der Waals surface area contributed by atoms with Crippen molar-refractivity contribution in [2.45, 2.75) is 19.3 Å². The zero-order valence-corrected chi connectivity index (χ0v) is 11.0. The van der Waals surface area contributed by atoms with Crippen LogP contribution >= 0.6 is 0 Å². The second-order valence-electron chi connectivity index (χ2n) is 4.96. The summed E-state index contributed by atoms with van der Waals surface area (Å²) < 4.78 is 0. The number of benzene rings is 1. The molecule has 2 rings (SSSR count). The van der Waals surface area contributed by atoms with Gasteiger partial charge in [0.05, 0.1) is 11.3 Å².